The summed E-state index contributed by atoms with van der Waals surface area (Å²) in [6.07, 6.45) is 1.63. The van der Waals surface area contributed by atoms with Gasteiger partial charge in [-0.25, -0.2) is 20.2 Å². The number of nitrogens with zero attached hydrogens (tertiary/aromatic N) is 2. The van der Waals surface area contributed by atoms with E-state index in [0.29, 0.717) is 23.7 Å². The van der Waals surface area contributed by atoms with Crippen LogP contribution in [0, 0.1) is 11.7 Å². The van der Waals surface area contributed by atoms with Gasteiger partial charge in [-0.3, -0.25) is 4.79 Å². The summed E-state index contributed by atoms with van der Waals surface area (Å²) in [6, 6.07) is 5.86. The van der Waals surface area contributed by atoms with Crippen molar-refractivity contribution in [1.29, 1.82) is 0 Å². The number of benzene rings is 1. The van der Waals surface area contributed by atoms with Crippen molar-refractivity contribution in [3.05, 3.63) is 42.0 Å². The van der Waals surface area contributed by atoms with Crippen LogP contribution in [0.25, 0.3) is 11.5 Å². The Morgan fingerprint density at radius 1 is 1.32 bits per heavy atom. The molecule has 4 N–H and O–H groups in total. The molecule has 1 unspecified atom stereocenters. The molecule has 1 aromatic heterocycles. The Morgan fingerprint density at radius 3 is 2.68 bits per heavy atom. The van der Waals surface area contributed by atoms with Crippen molar-refractivity contribution in [1.82, 2.24) is 31.8 Å². The number of rotatable bonds is 6. The van der Waals surface area contributed by atoms with Gasteiger partial charge in [-0.15, -0.1) is 0 Å². The first kappa shape index (κ1) is 17.5. The van der Waals surface area contributed by atoms with Crippen molar-refractivity contribution in [2.75, 3.05) is 13.6 Å². The molecular weight excluding hydrogens is 327 g/mol. The highest BCUT2D eigenvalue weighted by atomic mass is 19.1. The first-order valence-corrected chi connectivity index (χ1v) is 7.98. The topological polar surface area (TPSA) is 94.5 Å². The van der Waals surface area contributed by atoms with Gasteiger partial charge in [-0.1, -0.05) is 6.92 Å². The molecule has 1 aliphatic rings. The predicted molar refractivity (Wildman–Crippen MR) is 88.7 cm³/mol. The molecule has 1 fully saturated rings. The van der Waals surface area contributed by atoms with Crippen LogP contribution in [0.1, 0.15) is 12.6 Å². The van der Waals surface area contributed by atoms with Gasteiger partial charge in [0.05, 0.1) is 18.3 Å². The fraction of sp³-hybridized carbons (Fsp3) is 0.375. The number of hydrazine groups is 3. The highest BCUT2D eigenvalue weighted by Crippen LogP contribution is 2.19. The first-order valence-electron chi connectivity index (χ1n) is 7.98. The van der Waals surface area contributed by atoms with Gasteiger partial charge in [0, 0.05) is 25.1 Å². The molecule has 1 atom stereocenters. The number of aromatic nitrogens is 1. The average molecular weight is 348 g/mol. The monoisotopic (exact) mass is 348 g/mol. The van der Waals surface area contributed by atoms with Gasteiger partial charge in [-0.05, 0) is 24.3 Å². The molecule has 1 saturated heterocycles. The van der Waals surface area contributed by atoms with Crippen LogP contribution in [-0.4, -0.2) is 35.5 Å². The Labute approximate surface area is 144 Å². The van der Waals surface area contributed by atoms with E-state index in [1.165, 1.54) is 18.4 Å². The maximum absolute atomic E-state index is 13.0. The normalized spacial score (nSPS) is 16.1. The summed E-state index contributed by atoms with van der Waals surface area (Å²) < 4.78 is 18.4. The van der Waals surface area contributed by atoms with Crippen LogP contribution in [0.5, 0.6) is 0 Å². The molecule has 3 rings (SSSR count). The third-order valence-electron chi connectivity index (χ3n) is 4.05. The standard InChI is InChI=1S/C16H21FN6O2/c1-10(15-19-21-22-20-15)8-23(2)14(24)7-13-9-25-16(18-13)11-3-5-12(17)6-4-11/h3-6,9-10,15,19-22H,7-8H2,1-2H3. The fourth-order valence-electron chi connectivity index (χ4n) is 2.59. The molecule has 8 nitrogen and oxygen atoms in total. The minimum Gasteiger partial charge on any atom is -0.444 e. The molecule has 25 heavy (non-hydrogen) atoms. The lowest BCUT2D eigenvalue weighted by atomic mass is 10.1. The zero-order valence-corrected chi connectivity index (χ0v) is 14.0. The second kappa shape index (κ2) is 7.70. The van der Waals surface area contributed by atoms with E-state index in [0.717, 1.165) is 0 Å². The smallest absolute Gasteiger partial charge is 0.228 e. The summed E-state index contributed by atoms with van der Waals surface area (Å²) >= 11 is 0. The third-order valence-corrected chi connectivity index (χ3v) is 4.05. The van der Waals surface area contributed by atoms with E-state index in [-0.39, 0.29) is 30.2 Å². The average Bonchev–Trinajstić information content (AvgIpc) is 3.27. The molecule has 1 aromatic carbocycles. The van der Waals surface area contributed by atoms with Crippen molar-refractivity contribution in [2.24, 2.45) is 5.92 Å². The lowest BCUT2D eigenvalue weighted by Gasteiger charge is -2.24. The molecule has 0 spiro atoms. The summed E-state index contributed by atoms with van der Waals surface area (Å²) in [4.78, 5) is 18.3. The van der Waals surface area contributed by atoms with E-state index < -0.39 is 0 Å². The second-order valence-electron chi connectivity index (χ2n) is 6.10. The van der Waals surface area contributed by atoms with Crippen LogP contribution >= 0.6 is 0 Å². The van der Waals surface area contributed by atoms with Gasteiger partial charge in [0.15, 0.2) is 0 Å². The van der Waals surface area contributed by atoms with E-state index in [4.69, 9.17) is 4.42 Å². The summed E-state index contributed by atoms with van der Waals surface area (Å²) in [6.45, 7) is 2.61. The molecule has 0 bridgehead atoms. The maximum Gasteiger partial charge on any atom is 0.228 e. The number of halogens is 1. The number of carbonyl (C=O) groups is 1. The van der Waals surface area contributed by atoms with E-state index in [1.807, 2.05) is 6.92 Å². The highest BCUT2D eigenvalue weighted by molar-refractivity contribution is 5.78. The molecular formula is C16H21FN6O2. The number of oxazole rings is 1. The zero-order valence-electron chi connectivity index (χ0n) is 14.0. The number of amides is 1. The van der Waals surface area contributed by atoms with Crippen LogP contribution in [0.4, 0.5) is 4.39 Å². The Balaban J connectivity index is 1.56. The van der Waals surface area contributed by atoms with Crippen LogP contribution < -0.4 is 21.9 Å². The Bertz CT molecular complexity index is 714. The quantitative estimate of drug-likeness (QED) is 0.606. The number of hydrogen-bond donors (Lipinski definition) is 4. The molecule has 0 aliphatic carbocycles. The molecule has 134 valence electrons. The number of carbonyl (C=O) groups excluding carboxylic acids is 1. The van der Waals surface area contributed by atoms with Crippen LogP contribution in [-0.2, 0) is 11.2 Å². The van der Waals surface area contributed by atoms with Crippen molar-refractivity contribution < 1.29 is 13.6 Å². The molecule has 2 heterocycles. The van der Waals surface area contributed by atoms with E-state index >= 15 is 0 Å². The van der Waals surface area contributed by atoms with E-state index in [9.17, 15) is 9.18 Å². The van der Waals surface area contributed by atoms with Crippen LogP contribution in [0.2, 0.25) is 0 Å². The van der Waals surface area contributed by atoms with Crippen molar-refractivity contribution in [3.63, 3.8) is 0 Å². The van der Waals surface area contributed by atoms with Gasteiger partial charge in [-0.2, -0.15) is 11.1 Å². The van der Waals surface area contributed by atoms with Crippen molar-refractivity contribution in [3.8, 4) is 11.5 Å². The largest absolute Gasteiger partial charge is 0.444 e. The van der Waals surface area contributed by atoms with E-state index in [1.54, 1.807) is 24.1 Å². The van der Waals surface area contributed by atoms with Crippen LogP contribution in [0.15, 0.2) is 34.9 Å². The Morgan fingerprint density at radius 2 is 2.00 bits per heavy atom. The molecule has 0 saturated carbocycles. The SMILES string of the molecule is CC(CN(C)C(=O)Cc1coc(-c2ccc(F)cc2)n1)C1NNNN1. The Hall–Kier alpha value is -2.33. The van der Waals surface area contributed by atoms with Gasteiger partial charge < -0.3 is 9.32 Å². The number of hydrogen-bond acceptors (Lipinski definition) is 7. The summed E-state index contributed by atoms with van der Waals surface area (Å²) in [5.74, 6) is 0.182. The zero-order chi connectivity index (χ0) is 17.8. The summed E-state index contributed by atoms with van der Waals surface area (Å²) in [5.41, 5.74) is 12.7. The molecule has 1 amide bonds. The highest BCUT2D eigenvalue weighted by Gasteiger charge is 2.23. The molecule has 1 aliphatic heterocycles. The van der Waals surface area contributed by atoms with Gasteiger partial charge in [0.25, 0.3) is 0 Å². The van der Waals surface area contributed by atoms with Crippen molar-refractivity contribution in [2.45, 2.75) is 19.5 Å². The lowest BCUT2D eigenvalue weighted by Crippen LogP contribution is -2.45. The predicted octanol–water partition coefficient (Wildman–Crippen LogP) is 0.561. The minimum atomic E-state index is -0.321. The summed E-state index contributed by atoms with van der Waals surface area (Å²) in [7, 11) is 1.76. The number of nitrogens with one attached hydrogen (secondary N) is 4. The van der Waals surface area contributed by atoms with Crippen molar-refractivity contribution >= 4 is 5.91 Å². The summed E-state index contributed by atoms with van der Waals surface area (Å²) in [5, 5.41) is 0. The van der Waals surface area contributed by atoms with E-state index in [2.05, 4.69) is 26.9 Å². The molecule has 9 heteroatoms. The Kier molecular flexibility index (Phi) is 5.39. The van der Waals surface area contributed by atoms with Gasteiger partial charge in [0.2, 0.25) is 11.8 Å². The maximum atomic E-state index is 13.0. The first-order chi connectivity index (χ1) is 12.0. The fourth-order valence-corrected chi connectivity index (χ4v) is 2.59. The third kappa shape index (κ3) is 4.40. The van der Waals surface area contributed by atoms with Crippen LogP contribution in [0.3, 0.4) is 0 Å². The minimum absolute atomic E-state index is 0.0207. The molecule has 0 radical (unpaired) electrons. The van der Waals surface area contributed by atoms with Gasteiger partial charge >= 0.3 is 0 Å². The molecule has 2 aromatic rings. The number of likely N-dealkylation sites (N-methyl/N-ethyl adjacent to an activating group) is 1. The second-order valence-corrected chi connectivity index (χ2v) is 6.10. The lowest BCUT2D eigenvalue weighted by molar-refractivity contribution is -0.129. The van der Waals surface area contributed by atoms with Gasteiger partial charge in [0.1, 0.15) is 12.1 Å².